The monoisotopic (exact) mass is 547 g/mol. The number of aromatic nitrogens is 1. The number of nitrogens with zero attached hydrogens (tertiary/aromatic N) is 1. The highest BCUT2D eigenvalue weighted by atomic mass is 16.5. The van der Waals surface area contributed by atoms with Gasteiger partial charge in [-0.15, -0.1) is 0 Å². The zero-order chi connectivity index (χ0) is 28.1. The van der Waals surface area contributed by atoms with Crippen LogP contribution in [-0.2, 0) is 5.41 Å². The second kappa shape index (κ2) is 8.24. The van der Waals surface area contributed by atoms with E-state index in [9.17, 15) is 0 Å². The predicted molar refractivity (Wildman–Crippen MR) is 176 cm³/mol. The molecule has 1 spiro atoms. The van der Waals surface area contributed by atoms with Crippen molar-refractivity contribution >= 4 is 32.6 Å². The fourth-order valence-electron chi connectivity index (χ4n) is 7.99. The minimum absolute atomic E-state index is 0.489. The maximum absolute atomic E-state index is 6.86. The van der Waals surface area contributed by atoms with Crippen LogP contribution in [-0.4, -0.2) is 4.57 Å². The molecule has 43 heavy (non-hydrogen) atoms. The summed E-state index contributed by atoms with van der Waals surface area (Å²) in [6, 6.07) is 55.1. The number of benzene rings is 7. The van der Waals surface area contributed by atoms with Crippen molar-refractivity contribution in [2.24, 2.45) is 0 Å². The highest BCUT2D eigenvalue weighted by Gasteiger charge is 2.51. The van der Waals surface area contributed by atoms with Crippen LogP contribution >= 0.6 is 0 Å². The lowest BCUT2D eigenvalue weighted by Crippen LogP contribution is -2.32. The third kappa shape index (κ3) is 2.83. The SMILES string of the molecule is c1ccc(-n2c3cc4c(cc3c3c5ccccc5ccc32)C2(c3ccccc3O4)c3ccccc3-c3ccccc32)cc1. The molecule has 0 saturated carbocycles. The molecule has 7 aromatic carbocycles. The van der Waals surface area contributed by atoms with E-state index in [1.54, 1.807) is 0 Å². The molecule has 0 saturated heterocycles. The van der Waals surface area contributed by atoms with Gasteiger partial charge in [-0.25, -0.2) is 0 Å². The minimum Gasteiger partial charge on any atom is -0.457 e. The van der Waals surface area contributed by atoms with Crippen LogP contribution in [0.5, 0.6) is 11.5 Å². The van der Waals surface area contributed by atoms with Crippen molar-refractivity contribution in [3.63, 3.8) is 0 Å². The van der Waals surface area contributed by atoms with Crippen LogP contribution in [0.3, 0.4) is 0 Å². The van der Waals surface area contributed by atoms with Gasteiger partial charge in [-0.2, -0.15) is 0 Å². The number of rotatable bonds is 1. The topological polar surface area (TPSA) is 14.2 Å². The summed E-state index contributed by atoms with van der Waals surface area (Å²) in [6.45, 7) is 0. The van der Waals surface area contributed by atoms with Gasteiger partial charge in [0.1, 0.15) is 11.5 Å². The fraction of sp³-hybridized carbons (Fsp3) is 0.0244. The molecule has 2 aliphatic rings. The van der Waals surface area contributed by atoms with Gasteiger partial charge in [0.15, 0.2) is 0 Å². The molecule has 0 atom stereocenters. The zero-order valence-corrected chi connectivity index (χ0v) is 23.3. The molecular weight excluding hydrogens is 522 g/mol. The van der Waals surface area contributed by atoms with Gasteiger partial charge in [0.2, 0.25) is 0 Å². The molecule has 1 aliphatic carbocycles. The van der Waals surface area contributed by atoms with E-state index in [-0.39, 0.29) is 0 Å². The lowest BCUT2D eigenvalue weighted by Gasteiger charge is -2.39. The first-order valence-electron chi connectivity index (χ1n) is 14.9. The summed E-state index contributed by atoms with van der Waals surface area (Å²) in [5.74, 6) is 1.82. The number of hydrogen-bond acceptors (Lipinski definition) is 1. The first-order valence-corrected chi connectivity index (χ1v) is 14.9. The maximum Gasteiger partial charge on any atom is 0.134 e. The second-order valence-corrected chi connectivity index (χ2v) is 11.7. The van der Waals surface area contributed by atoms with Gasteiger partial charge in [-0.1, -0.05) is 115 Å². The Labute approximate surface area is 249 Å². The van der Waals surface area contributed by atoms with Crippen LogP contribution in [0.15, 0.2) is 152 Å². The van der Waals surface area contributed by atoms with Crippen molar-refractivity contribution in [1.29, 1.82) is 0 Å². The normalized spacial score (nSPS) is 14.0. The summed E-state index contributed by atoms with van der Waals surface area (Å²) in [5, 5.41) is 5.01. The maximum atomic E-state index is 6.86. The number of fused-ring (bicyclic) bond motifs is 14. The quantitative estimate of drug-likeness (QED) is 0.199. The van der Waals surface area contributed by atoms with Crippen molar-refractivity contribution < 1.29 is 4.74 Å². The molecule has 0 unspecified atom stereocenters. The summed E-state index contributed by atoms with van der Waals surface area (Å²) in [5.41, 5.74) is 10.6. The second-order valence-electron chi connectivity index (χ2n) is 11.7. The van der Waals surface area contributed by atoms with E-state index >= 15 is 0 Å². The predicted octanol–water partition coefficient (Wildman–Crippen LogP) is 10.4. The van der Waals surface area contributed by atoms with Crippen molar-refractivity contribution in [2.75, 3.05) is 0 Å². The lowest BCUT2D eigenvalue weighted by molar-refractivity contribution is 0.437. The largest absolute Gasteiger partial charge is 0.457 e. The standard InChI is InChI=1S/C41H25NO/c1-2-13-27(14-3-1)42-36-23-22-26-12-4-5-15-28(26)40(36)31-24-35-39(25-37(31)42)43-38-21-11-10-20-34(38)41(35)32-18-8-6-16-29(32)30-17-7-9-19-33(30)41/h1-25H. The van der Waals surface area contributed by atoms with Gasteiger partial charge in [-0.3, -0.25) is 0 Å². The average molecular weight is 548 g/mol. The molecule has 0 fully saturated rings. The molecule has 200 valence electrons. The summed E-state index contributed by atoms with van der Waals surface area (Å²) < 4.78 is 9.26. The summed E-state index contributed by atoms with van der Waals surface area (Å²) in [6.07, 6.45) is 0. The molecule has 2 heterocycles. The molecule has 0 radical (unpaired) electrons. The Kier molecular flexibility index (Phi) is 4.41. The molecule has 0 N–H and O–H groups in total. The van der Waals surface area contributed by atoms with Crippen molar-refractivity contribution in [1.82, 2.24) is 4.57 Å². The molecular formula is C41H25NO. The van der Waals surface area contributed by atoms with Crippen LogP contribution in [0.4, 0.5) is 0 Å². The van der Waals surface area contributed by atoms with Crippen LogP contribution in [0.1, 0.15) is 22.3 Å². The Morgan fingerprint density at radius 2 is 1.09 bits per heavy atom. The van der Waals surface area contributed by atoms with E-state index in [2.05, 4.69) is 156 Å². The average Bonchev–Trinajstić information content (AvgIpc) is 3.55. The van der Waals surface area contributed by atoms with Crippen molar-refractivity contribution in [3.8, 4) is 28.3 Å². The summed E-state index contributed by atoms with van der Waals surface area (Å²) in [7, 11) is 0. The van der Waals surface area contributed by atoms with Gasteiger partial charge in [-0.05, 0) is 63.4 Å². The summed E-state index contributed by atoms with van der Waals surface area (Å²) >= 11 is 0. The van der Waals surface area contributed by atoms with Crippen molar-refractivity contribution in [2.45, 2.75) is 5.41 Å². The lowest BCUT2D eigenvalue weighted by atomic mass is 9.66. The Bertz CT molecular complexity index is 2390. The molecule has 1 aromatic heterocycles. The molecule has 1 aliphatic heterocycles. The van der Waals surface area contributed by atoms with Crippen LogP contribution in [0.2, 0.25) is 0 Å². The first-order chi connectivity index (χ1) is 21.3. The molecule has 2 heteroatoms. The first kappa shape index (κ1) is 23.0. The van der Waals surface area contributed by atoms with E-state index in [0.29, 0.717) is 0 Å². The number of ether oxygens (including phenoxy) is 1. The fourth-order valence-corrected chi connectivity index (χ4v) is 7.99. The van der Waals surface area contributed by atoms with Gasteiger partial charge in [0.25, 0.3) is 0 Å². The van der Waals surface area contributed by atoms with Crippen molar-refractivity contribution in [3.05, 3.63) is 174 Å². The highest BCUT2D eigenvalue weighted by molar-refractivity contribution is 6.21. The minimum atomic E-state index is -0.489. The number of hydrogen-bond donors (Lipinski definition) is 0. The number of para-hydroxylation sites is 2. The summed E-state index contributed by atoms with van der Waals surface area (Å²) in [4.78, 5) is 0. The third-order valence-corrected chi connectivity index (χ3v) is 9.64. The van der Waals surface area contributed by atoms with Crippen LogP contribution in [0.25, 0.3) is 49.4 Å². The van der Waals surface area contributed by atoms with E-state index in [0.717, 1.165) is 22.7 Å². The van der Waals surface area contributed by atoms with Gasteiger partial charge in [0, 0.05) is 33.7 Å². The van der Waals surface area contributed by atoms with Gasteiger partial charge >= 0.3 is 0 Å². The molecule has 2 nitrogen and oxygen atoms in total. The Morgan fingerprint density at radius 1 is 0.442 bits per heavy atom. The smallest absolute Gasteiger partial charge is 0.134 e. The molecule has 0 amide bonds. The van der Waals surface area contributed by atoms with E-state index < -0.39 is 5.41 Å². The Morgan fingerprint density at radius 3 is 1.88 bits per heavy atom. The molecule has 0 bridgehead atoms. The van der Waals surface area contributed by atoms with Gasteiger partial charge < -0.3 is 9.30 Å². The van der Waals surface area contributed by atoms with E-state index in [4.69, 9.17) is 4.74 Å². The van der Waals surface area contributed by atoms with Gasteiger partial charge in [0.05, 0.1) is 16.4 Å². The molecule has 8 aromatic rings. The zero-order valence-electron chi connectivity index (χ0n) is 23.3. The highest BCUT2D eigenvalue weighted by Crippen LogP contribution is 2.62. The third-order valence-electron chi connectivity index (χ3n) is 9.64. The van der Waals surface area contributed by atoms with E-state index in [1.165, 1.54) is 60.4 Å². The van der Waals surface area contributed by atoms with Crippen LogP contribution < -0.4 is 4.74 Å². The van der Waals surface area contributed by atoms with Crippen LogP contribution in [0, 0.1) is 0 Å². The Balaban J connectivity index is 1.43. The van der Waals surface area contributed by atoms with E-state index in [1.807, 2.05) is 0 Å². The Hall–Kier alpha value is -5.60. The molecule has 10 rings (SSSR count).